The summed E-state index contributed by atoms with van der Waals surface area (Å²) in [6, 6.07) is 4.26. The van der Waals surface area contributed by atoms with Crippen molar-refractivity contribution in [2.24, 2.45) is 5.92 Å². The number of amides is 1. The number of carbonyl (C=O) groups excluding carboxylic acids is 1. The van der Waals surface area contributed by atoms with Crippen LogP contribution in [-0.4, -0.2) is 17.8 Å². The van der Waals surface area contributed by atoms with Gasteiger partial charge in [0.1, 0.15) is 5.82 Å². The zero-order chi connectivity index (χ0) is 12.8. The van der Waals surface area contributed by atoms with Crippen LogP contribution in [0.3, 0.4) is 0 Å². The third-order valence-electron chi connectivity index (χ3n) is 2.66. The van der Waals surface area contributed by atoms with Crippen LogP contribution < -0.4 is 5.32 Å². The molecule has 94 valence electrons. The summed E-state index contributed by atoms with van der Waals surface area (Å²) in [5, 5.41) is 3.74. The summed E-state index contributed by atoms with van der Waals surface area (Å²) in [5.41, 5.74) is 1.20. The second kappa shape index (κ2) is 6.74. The van der Waals surface area contributed by atoms with Gasteiger partial charge in [-0.25, -0.2) is 4.39 Å². The summed E-state index contributed by atoms with van der Waals surface area (Å²) in [7, 11) is 0. The van der Waals surface area contributed by atoms with E-state index in [4.69, 9.17) is 0 Å². The summed E-state index contributed by atoms with van der Waals surface area (Å²) in [6.07, 6.45) is 1.00. The third kappa shape index (κ3) is 4.46. The minimum absolute atomic E-state index is 0.205. The number of halogens is 2. The molecule has 1 amide bonds. The smallest absolute Gasteiger partial charge is 0.251 e. The Labute approximate surface area is 110 Å². The SMILES string of the molecule is Cc1ccc(F)cc1C(=O)NCC(C)CCBr. The second-order valence-electron chi connectivity index (χ2n) is 4.25. The van der Waals surface area contributed by atoms with E-state index in [9.17, 15) is 9.18 Å². The minimum atomic E-state index is -0.380. The highest BCUT2D eigenvalue weighted by Crippen LogP contribution is 2.10. The molecule has 1 aromatic rings. The predicted octanol–water partition coefficient (Wildman–Crippen LogP) is 3.29. The van der Waals surface area contributed by atoms with Gasteiger partial charge in [0.2, 0.25) is 0 Å². The summed E-state index contributed by atoms with van der Waals surface area (Å²) in [5.74, 6) is -0.176. The van der Waals surface area contributed by atoms with E-state index in [-0.39, 0.29) is 11.7 Å². The molecule has 0 aromatic heterocycles. The molecule has 0 fully saturated rings. The van der Waals surface area contributed by atoms with Crippen molar-refractivity contribution in [1.29, 1.82) is 0 Å². The van der Waals surface area contributed by atoms with Crippen LogP contribution >= 0.6 is 15.9 Å². The molecule has 4 heteroatoms. The maximum Gasteiger partial charge on any atom is 0.251 e. The van der Waals surface area contributed by atoms with Gasteiger partial charge in [0, 0.05) is 17.4 Å². The minimum Gasteiger partial charge on any atom is -0.352 e. The maximum atomic E-state index is 13.0. The highest BCUT2D eigenvalue weighted by molar-refractivity contribution is 9.09. The molecule has 0 aliphatic rings. The van der Waals surface area contributed by atoms with Crippen molar-refractivity contribution in [2.45, 2.75) is 20.3 Å². The summed E-state index contributed by atoms with van der Waals surface area (Å²) in [6.45, 7) is 4.48. The number of nitrogens with one attached hydrogen (secondary N) is 1. The average Bonchev–Trinajstić information content (AvgIpc) is 2.29. The first-order valence-corrected chi connectivity index (χ1v) is 6.77. The highest BCUT2D eigenvalue weighted by atomic mass is 79.9. The standard InChI is InChI=1S/C13H17BrFNO/c1-9(5-6-14)8-16-13(17)12-7-11(15)4-3-10(12)2/h3-4,7,9H,5-6,8H2,1-2H3,(H,16,17). The molecule has 0 spiro atoms. The van der Waals surface area contributed by atoms with Crippen LogP contribution in [-0.2, 0) is 0 Å². The lowest BCUT2D eigenvalue weighted by atomic mass is 10.1. The molecule has 1 N–H and O–H groups in total. The van der Waals surface area contributed by atoms with Gasteiger partial charge in [-0.2, -0.15) is 0 Å². The fourth-order valence-corrected chi connectivity index (χ4v) is 2.27. The first-order valence-electron chi connectivity index (χ1n) is 5.65. The molecule has 17 heavy (non-hydrogen) atoms. The Balaban J connectivity index is 2.61. The Morgan fingerprint density at radius 2 is 2.24 bits per heavy atom. The zero-order valence-corrected chi connectivity index (χ0v) is 11.7. The van der Waals surface area contributed by atoms with Crippen LogP contribution in [0, 0.1) is 18.7 Å². The normalized spacial score (nSPS) is 12.2. The van der Waals surface area contributed by atoms with Crippen LogP contribution in [0.25, 0.3) is 0 Å². The molecule has 2 nitrogen and oxygen atoms in total. The van der Waals surface area contributed by atoms with E-state index in [0.29, 0.717) is 18.0 Å². The van der Waals surface area contributed by atoms with Crippen LogP contribution in [0.2, 0.25) is 0 Å². The number of benzene rings is 1. The number of hydrogen-bond donors (Lipinski definition) is 1. The monoisotopic (exact) mass is 301 g/mol. The molecule has 1 atom stereocenters. The zero-order valence-electron chi connectivity index (χ0n) is 10.1. The van der Waals surface area contributed by atoms with E-state index in [2.05, 4.69) is 28.2 Å². The van der Waals surface area contributed by atoms with Crippen molar-refractivity contribution >= 4 is 21.8 Å². The van der Waals surface area contributed by atoms with Crippen molar-refractivity contribution in [3.8, 4) is 0 Å². The van der Waals surface area contributed by atoms with E-state index < -0.39 is 0 Å². The van der Waals surface area contributed by atoms with Crippen LogP contribution in [0.4, 0.5) is 4.39 Å². The predicted molar refractivity (Wildman–Crippen MR) is 71.0 cm³/mol. The number of aryl methyl sites for hydroxylation is 1. The van der Waals surface area contributed by atoms with Crippen LogP contribution in [0.5, 0.6) is 0 Å². The van der Waals surface area contributed by atoms with E-state index in [0.717, 1.165) is 17.3 Å². The Bertz CT molecular complexity index is 395. The van der Waals surface area contributed by atoms with Gasteiger partial charge in [0.05, 0.1) is 0 Å². The first-order chi connectivity index (χ1) is 8.04. The molecule has 1 unspecified atom stereocenters. The van der Waals surface area contributed by atoms with E-state index >= 15 is 0 Å². The molecule has 0 bridgehead atoms. The van der Waals surface area contributed by atoms with Gasteiger partial charge in [0.15, 0.2) is 0 Å². The second-order valence-corrected chi connectivity index (χ2v) is 5.05. The summed E-state index contributed by atoms with van der Waals surface area (Å²) in [4.78, 5) is 11.8. The van der Waals surface area contributed by atoms with Crippen LogP contribution in [0.15, 0.2) is 18.2 Å². The molecule has 1 rings (SSSR count). The summed E-state index contributed by atoms with van der Waals surface area (Å²) < 4.78 is 13.0. The molecule has 1 aromatic carbocycles. The molecule has 0 radical (unpaired) electrons. The highest BCUT2D eigenvalue weighted by Gasteiger charge is 2.11. The Kier molecular flexibility index (Phi) is 5.62. The van der Waals surface area contributed by atoms with Gasteiger partial charge < -0.3 is 5.32 Å². The van der Waals surface area contributed by atoms with Crippen LogP contribution in [0.1, 0.15) is 29.3 Å². The Morgan fingerprint density at radius 3 is 2.88 bits per heavy atom. The van der Waals surface area contributed by atoms with E-state index in [1.807, 2.05) is 0 Å². The third-order valence-corrected chi connectivity index (χ3v) is 3.12. The largest absolute Gasteiger partial charge is 0.352 e. The fraction of sp³-hybridized carbons (Fsp3) is 0.462. The lowest BCUT2D eigenvalue weighted by Crippen LogP contribution is -2.29. The quantitative estimate of drug-likeness (QED) is 0.831. The fourth-order valence-electron chi connectivity index (χ4n) is 1.49. The van der Waals surface area contributed by atoms with Crippen molar-refractivity contribution in [2.75, 3.05) is 11.9 Å². The van der Waals surface area contributed by atoms with Crippen molar-refractivity contribution in [3.05, 3.63) is 35.1 Å². The van der Waals surface area contributed by atoms with E-state index in [1.54, 1.807) is 13.0 Å². The Morgan fingerprint density at radius 1 is 1.53 bits per heavy atom. The van der Waals surface area contributed by atoms with Crippen molar-refractivity contribution in [1.82, 2.24) is 5.32 Å². The van der Waals surface area contributed by atoms with Crippen molar-refractivity contribution < 1.29 is 9.18 Å². The van der Waals surface area contributed by atoms with Gasteiger partial charge >= 0.3 is 0 Å². The lowest BCUT2D eigenvalue weighted by Gasteiger charge is -2.12. The summed E-state index contributed by atoms with van der Waals surface area (Å²) >= 11 is 3.36. The Hall–Kier alpha value is -0.900. The molecular formula is C13H17BrFNO. The molecule has 0 aliphatic carbocycles. The molecule has 0 saturated carbocycles. The van der Waals surface area contributed by atoms with E-state index in [1.165, 1.54) is 12.1 Å². The number of alkyl halides is 1. The van der Waals surface area contributed by atoms with Crippen molar-refractivity contribution in [3.63, 3.8) is 0 Å². The molecule has 0 saturated heterocycles. The topological polar surface area (TPSA) is 29.1 Å². The van der Waals surface area contributed by atoms with Gasteiger partial charge in [-0.15, -0.1) is 0 Å². The maximum absolute atomic E-state index is 13.0. The molecule has 0 heterocycles. The number of rotatable bonds is 5. The van der Waals surface area contributed by atoms with Gasteiger partial charge in [-0.3, -0.25) is 4.79 Å². The number of hydrogen-bond acceptors (Lipinski definition) is 1. The molecular weight excluding hydrogens is 285 g/mol. The van der Waals surface area contributed by atoms with Gasteiger partial charge in [-0.05, 0) is 37.0 Å². The average molecular weight is 302 g/mol. The first kappa shape index (κ1) is 14.2. The van der Waals surface area contributed by atoms with Gasteiger partial charge in [-0.1, -0.05) is 28.9 Å². The van der Waals surface area contributed by atoms with Gasteiger partial charge in [0.25, 0.3) is 5.91 Å². The lowest BCUT2D eigenvalue weighted by molar-refractivity contribution is 0.0947. The number of carbonyl (C=O) groups is 1. The molecule has 0 aliphatic heterocycles.